The van der Waals surface area contributed by atoms with Crippen LogP contribution in [-0.2, 0) is 14.3 Å². The van der Waals surface area contributed by atoms with E-state index in [1.165, 1.54) is 21.3 Å². The van der Waals surface area contributed by atoms with Crippen LogP contribution in [0.5, 0.6) is 0 Å². The standard InChI is InChI=1S/C40H49N7O7S/c1-27(12-8-10-22-44-38(52)54-40(2,3)4)36(50)43-23-25-46(24-20-35(48)49)39(53)47-33-26-29(55-34-15-7-6-14-31(34)37(51)41-5)17-18-30(33)32(45-47)19-16-28-13-9-11-21-42-28/h6-7,9,11,13-19,21,26-27H,8,10,12,20,22-25H2,1-5H3,(H,41,51)(H,43,50)(H,44,52)(H,48,49)/b19-16+/t27-/m0/s1. The van der Waals surface area contributed by atoms with Crippen LogP contribution < -0.4 is 16.0 Å². The lowest BCUT2D eigenvalue weighted by molar-refractivity contribution is -0.137. The van der Waals surface area contributed by atoms with E-state index >= 15 is 0 Å². The van der Waals surface area contributed by atoms with E-state index in [4.69, 9.17) is 4.74 Å². The second-order valence-corrected chi connectivity index (χ2v) is 14.9. The molecule has 0 aliphatic heterocycles. The van der Waals surface area contributed by atoms with E-state index in [1.807, 2.05) is 55.5 Å². The fourth-order valence-corrected chi connectivity index (χ4v) is 6.44. The van der Waals surface area contributed by atoms with E-state index in [0.29, 0.717) is 53.7 Å². The first kappa shape index (κ1) is 42.0. The zero-order valence-corrected chi connectivity index (χ0v) is 32.7. The van der Waals surface area contributed by atoms with Crippen molar-refractivity contribution in [3.63, 3.8) is 0 Å². The number of fused-ring (bicyclic) bond motifs is 1. The van der Waals surface area contributed by atoms with Crippen LogP contribution in [-0.4, -0.2) is 93.5 Å². The van der Waals surface area contributed by atoms with Gasteiger partial charge in [0.1, 0.15) is 5.60 Å². The zero-order valence-electron chi connectivity index (χ0n) is 31.8. The van der Waals surface area contributed by atoms with Crippen molar-refractivity contribution in [3.8, 4) is 0 Å². The van der Waals surface area contributed by atoms with Crippen molar-refractivity contribution < 1.29 is 33.8 Å². The lowest BCUT2D eigenvalue weighted by atomic mass is 10.0. The Morgan fingerprint density at radius 1 is 0.964 bits per heavy atom. The van der Waals surface area contributed by atoms with Crippen molar-refractivity contribution in [1.29, 1.82) is 0 Å². The number of carboxylic acid groups (broad SMARTS) is 1. The van der Waals surface area contributed by atoms with Gasteiger partial charge in [-0.25, -0.2) is 9.59 Å². The molecule has 0 saturated heterocycles. The van der Waals surface area contributed by atoms with Crippen molar-refractivity contribution >= 4 is 64.7 Å². The lowest BCUT2D eigenvalue weighted by Gasteiger charge is -2.23. The number of nitrogens with zero attached hydrogens (tertiary/aromatic N) is 4. The number of benzene rings is 2. The molecule has 14 nitrogen and oxygen atoms in total. The van der Waals surface area contributed by atoms with E-state index < -0.39 is 23.7 Å². The van der Waals surface area contributed by atoms with Crippen LogP contribution in [0.15, 0.2) is 76.7 Å². The van der Waals surface area contributed by atoms with Gasteiger partial charge >= 0.3 is 18.1 Å². The predicted molar refractivity (Wildman–Crippen MR) is 212 cm³/mol. The third-order valence-corrected chi connectivity index (χ3v) is 9.34. The highest BCUT2D eigenvalue weighted by atomic mass is 32.2. The minimum Gasteiger partial charge on any atom is -0.481 e. The average molecular weight is 772 g/mol. The van der Waals surface area contributed by atoms with Crippen molar-refractivity contribution in [2.75, 3.05) is 33.2 Å². The third-order valence-electron chi connectivity index (χ3n) is 8.28. The Morgan fingerprint density at radius 3 is 2.44 bits per heavy atom. The second-order valence-electron chi connectivity index (χ2n) is 13.8. The smallest absolute Gasteiger partial charge is 0.407 e. The van der Waals surface area contributed by atoms with Gasteiger partial charge in [-0.05, 0) is 88.2 Å². The summed E-state index contributed by atoms with van der Waals surface area (Å²) in [7, 11) is 1.57. The Bertz CT molecular complexity index is 1990. The molecule has 2 aromatic carbocycles. The number of ether oxygens (including phenoxy) is 1. The molecule has 0 aliphatic carbocycles. The highest BCUT2D eigenvalue weighted by Gasteiger charge is 2.23. The molecular weight excluding hydrogens is 723 g/mol. The SMILES string of the molecule is CNC(=O)c1ccccc1Sc1ccc2c(/C=C/c3ccccn3)nn(C(=O)N(CCNC(=O)[C@@H](C)CCCCNC(=O)OC(C)(C)C)CCC(=O)O)c2c1. The first-order chi connectivity index (χ1) is 26.3. The Kier molecular flexibility index (Phi) is 15.4. The highest BCUT2D eigenvalue weighted by molar-refractivity contribution is 7.99. The molecule has 0 saturated carbocycles. The van der Waals surface area contributed by atoms with Gasteiger partial charge in [0.05, 0.1) is 28.9 Å². The molecule has 0 spiro atoms. The molecule has 0 fully saturated rings. The van der Waals surface area contributed by atoms with Crippen LogP contribution in [0.4, 0.5) is 9.59 Å². The molecule has 4 amide bonds. The van der Waals surface area contributed by atoms with Gasteiger partial charge in [-0.2, -0.15) is 9.78 Å². The monoisotopic (exact) mass is 771 g/mol. The van der Waals surface area contributed by atoms with Crippen molar-refractivity contribution in [2.24, 2.45) is 5.92 Å². The molecular formula is C40H49N7O7S. The summed E-state index contributed by atoms with van der Waals surface area (Å²) in [6.45, 7) is 7.64. The van der Waals surface area contributed by atoms with Gasteiger partial charge in [0.25, 0.3) is 5.91 Å². The van der Waals surface area contributed by atoms with Gasteiger partial charge in [0.15, 0.2) is 0 Å². The Hall–Kier alpha value is -5.70. The molecule has 0 bridgehead atoms. The van der Waals surface area contributed by atoms with Gasteiger partial charge in [-0.1, -0.05) is 43.3 Å². The van der Waals surface area contributed by atoms with Crippen molar-refractivity contribution in [3.05, 3.63) is 83.8 Å². The van der Waals surface area contributed by atoms with Crippen LogP contribution in [0.2, 0.25) is 0 Å². The number of amides is 4. The van der Waals surface area contributed by atoms with Crippen LogP contribution in [0.25, 0.3) is 23.1 Å². The van der Waals surface area contributed by atoms with E-state index in [2.05, 4.69) is 26.0 Å². The number of aliphatic carboxylic acids is 1. The van der Waals surface area contributed by atoms with Crippen LogP contribution in [0.3, 0.4) is 0 Å². The van der Waals surface area contributed by atoms with Crippen LogP contribution in [0, 0.1) is 5.92 Å². The number of carbonyl (C=O) groups excluding carboxylic acids is 4. The summed E-state index contributed by atoms with van der Waals surface area (Å²) < 4.78 is 6.49. The largest absolute Gasteiger partial charge is 0.481 e. The molecule has 4 N–H and O–H groups in total. The third kappa shape index (κ3) is 13.0. The second kappa shape index (κ2) is 20.1. The number of pyridine rings is 1. The molecule has 0 radical (unpaired) electrons. The molecule has 0 unspecified atom stereocenters. The molecule has 2 aromatic heterocycles. The first-order valence-electron chi connectivity index (χ1n) is 18.1. The molecule has 1 atom stereocenters. The Labute approximate surface area is 325 Å². The number of hydrogen-bond acceptors (Lipinski definition) is 9. The summed E-state index contributed by atoms with van der Waals surface area (Å²) in [4.78, 5) is 70.4. The van der Waals surface area contributed by atoms with Gasteiger partial charge in [0, 0.05) is 60.5 Å². The summed E-state index contributed by atoms with van der Waals surface area (Å²) >= 11 is 1.36. The number of rotatable bonds is 17. The Morgan fingerprint density at radius 2 is 1.73 bits per heavy atom. The molecule has 2 heterocycles. The number of nitrogens with one attached hydrogen (secondary N) is 3. The minimum atomic E-state index is -1.07. The number of aromatic nitrogens is 3. The number of unbranched alkanes of at least 4 members (excludes halogenated alkanes) is 1. The van der Waals surface area contributed by atoms with Gasteiger partial charge in [-0.15, -0.1) is 0 Å². The van der Waals surface area contributed by atoms with Crippen molar-refractivity contribution in [1.82, 2.24) is 35.6 Å². The summed E-state index contributed by atoms with van der Waals surface area (Å²) in [5.41, 5.74) is 1.60. The molecule has 15 heteroatoms. The summed E-state index contributed by atoms with van der Waals surface area (Å²) in [5.74, 6) is -1.82. The molecule has 55 heavy (non-hydrogen) atoms. The quantitative estimate of drug-likeness (QED) is 0.0888. The number of alkyl carbamates (subject to hydrolysis) is 1. The van der Waals surface area contributed by atoms with Crippen LogP contribution >= 0.6 is 11.8 Å². The van der Waals surface area contributed by atoms with Crippen LogP contribution in [0.1, 0.15) is 75.1 Å². The fourth-order valence-electron chi connectivity index (χ4n) is 5.46. The number of hydrogen-bond donors (Lipinski definition) is 4. The minimum absolute atomic E-state index is 0.0405. The van der Waals surface area contributed by atoms with Gasteiger partial charge in [0.2, 0.25) is 5.91 Å². The number of carboxylic acids is 1. The fraction of sp³-hybridized carbons (Fsp3) is 0.375. The topological polar surface area (TPSA) is 185 Å². The highest BCUT2D eigenvalue weighted by Crippen LogP contribution is 2.34. The Balaban J connectivity index is 1.51. The maximum Gasteiger partial charge on any atom is 0.407 e. The summed E-state index contributed by atoms with van der Waals surface area (Å²) in [6.07, 6.45) is 6.40. The number of carbonyl (C=O) groups is 5. The van der Waals surface area contributed by atoms with Crippen molar-refractivity contribution in [2.45, 2.75) is 68.8 Å². The molecule has 4 aromatic rings. The lowest BCUT2D eigenvalue weighted by Crippen LogP contribution is -2.42. The average Bonchev–Trinajstić information content (AvgIpc) is 3.51. The normalized spacial score (nSPS) is 11.9. The molecule has 292 valence electrons. The zero-order chi connectivity index (χ0) is 40.0. The first-order valence-corrected chi connectivity index (χ1v) is 18.9. The predicted octanol–water partition coefficient (Wildman–Crippen LogP) is 6.30. The maximum atomic E-state index is 14.2. The molecule has 4 rings (SSSR count). The summed E-state index contributed by atoms with van der Waals surface area (Å²) in [5, 5.41) is 23.1. The summed E-state index contributed by atoms with van der Waals surface area (Å²) in [6, 6.07) is 17.7. The van der Waals surface area contributed by atoms with Gasteiger partial charge < -0.3 is 30.7 Å². The van der Waals surface area contributed by atoms with E-state index in [9.17, 15) is 29.1 Å². The molecule has 0 aliphatic rings. The van der Waals surface area contributed by atoms with E-state index in [-0.39, 0.29) is 43.8 Å². The van der Waals surface area contributed by atoms with E-state index in [0.717, 1.165) is 9.79 Å². The van der Waals surface area contributed by atoms with E-state index in [1.54, 1.807) is 58.3 Å². The van der Waals surface area contributed by atoms with Gasteiger partial charge in [-0.3, -0.25) is 19.4 Å². The maximum absolute atomic E-state index is 14.2.